The van der Waals surface area contributed by atoms with Crippen LogP contribution < -0.4 is 5.32 Å². The van der Waals surface area contributed by atoms with Gasteiger partial charge in [-0.15, -0.1) is 10.2 Å². The van der Waals surface area contributed by atoms with E-state index in [1.54, 1.807) is 0 Å². The number of guanidine groups is 1. The summed E-state index contributed by atoms with van der Waals surface area (Å²) in [5.74, 6) is 1.93. The summed E-state index contributed by atoms with van der Waals surface area (Å²) in [7, 11) is 1.84. The lowest BCUT2D eigenvalue weighted by molar-refractivity contribution is -0.0816. The summed E-state index contributed by atoms with van der Waals surface area (Å²) in [6.45, 7) is 4.11. The predicted octanol–water partition coefficient (Wildman–Crippen LogP) is 1.12. The molecule has 1 N–H and O–H groups in total. The van der Waals surface area contributed by atoms with Crippen LogP contribution in [0.4, 0.5) is 0 Å². The van der Waals surface area contributed by atoms with Crippen LogP contribution in [0.3, 0.4) is 0 Å². The third kappa shape index (κ3) is 4.22. The summed E-state index contributed by atoms with van der Waals surface area (Å²) < 4.78 is 13.8. The van der Waals surface area contributed by atoms with Crippen LogP contribution >= 0.6 is 0 Å². The molecule has 0 aliphatic carbocycles. The molecule has 4 rings (SSSR count). The number of rotatable bonds is 5. The van der Waals surface area contributed by atoms with E-state index in [1.165, 1.54) is 0 Å². The van der Waals surface area contributed by atoms with Gasteiger partial charge in [-0.1, -0.05) is 6.07 Å². The fraction of sp³-hybridized carbons (Fsp3) is 0.632. The van der Waals surface area contributed by atoms with E-state index in [2.05, 4.69) is 25.4 Å². The van der Waals surface area contributed by atoms with Gasteiger partial charge in [0, 0.05) is 45.9 Å². The predicted molar refractivity (Wildman–Crippen MR) is 103 cm³/mol. The second kappa shape index (κ2) is 8.67. The van der Waals surface area contributed by atoms with Crippen LogP contribution in [0.25, 0.3) is 5.65 Å². The van der Waals surface area contributed by atoms with Gasteiger partial charge in [0.05, 0.1) is 12.7 Å². The van der Waals surface area contributed by atoms with E-state index in [4.69, 9.17) is 9.47 Å². The highest BCUT2D eigenvalue weighted by Gasteiger charge is 2.32. The van der Waals surface area contributed by atoms with Crippen LogP contribution in [-0.4, -0.2) is 77.6 Å². The molecule has 8 heteroatoms. The average molecular weight is 372 g/mol. The quantitative estimate of drug-likeness (QED) is 0.482. The Labute approximate surface area is 159 Å². The van der Waals surface area contributed by atoms with E-state index in [0.29, 0.717) is 0 Å². The molecule has 2 saturated heterocycles. The number of nitrogens with zero attached hydrogens (tertiary/aromatic N) is 5. The molecular weight excluding hydrogens is 344 g/mol. The standard InChI is InChI=1S/C19H28N6O2/c1-20-19(24-11-13-27-16(14-24)15-6-5-12-26-15)21-9-4-8-18-23-22-17-7-2-3-10-25(17)18/h2-3,7,10,15-16H,4-6,8-9,11-14H2,1H3,(H,20,21). The van der Waals surface area contributed by atoms with Gasteiger partial charge in [0.15, 0.2) is 11.6 Å². The van der Waals surface area contributed by atoms with Gasteiger partial charge in [-0.2, -0.15) is 0 Å². The Morgan fingerprint density at radius 1 is 1.26 bits per heavy atom. The molecule has 2 aliphatic rings. The highest BCUT2D eigenvalue weighted by molar-refractivity contribution is 5.80. The lowest BCUT2D eigenvalue weighted by atomic mass is 10.1. The number of ether oxygens (including phenoxy) is 2. The lowest BCUT2D eigenvalue weighted by Gasteiger charge is -2.37. The minimum Gasteiger partial charge on any atom is -0.375 e. The Kier molecular flexibility index (Phi) is 5.84. The molecule has 0 bridgehead atoms. The monoisotopic (exact) mass is 372 g/mol. The zero-order valence-electron chi connectivity index (χ0n) is 15.9. The average Bonchev–Trinajstić information content (AvgIpc) is 3.39. The first-order valence-corrected chi connectivity index (χ1v) is 9.82. The van der Waals surface area contributed by atoms with Crippen molar-refractivity contribution in [3.63, 3.8) is 0 Å². The summed E-state index contributed by atoms with van der Waals surface area (Å²) >= 11 is 0. The molecular formula is C19H28N6O2. The molecule has 0 radical (unpaired) electrons. The second-order valence-electron chi connectivity index (χ2n) is 7.03. The molecule has 2 aromatic rings. The topological polar surface area (TPSA) is 76.3 Å². The van der Waals surface area contributed by atoms with Crippen molar-refractivity contribution in [2.24, 2.45) is 4.99 Å². The number of nitrogens with one attached hydrogen (secondary N) is 1. The van der Waals surface area contributed by atoms with Gasteiger partial charge in [-0.3, -0.25) is 9.39 Å². The van der Waals surface area contributed by atoms with Crippen molar-refractivity contribution in [3.05, 3.63) is 30.2 Å². The van der Waals surface area contributed by atoms with Crippen molar-refractivity contribution >= 4 is 11.6 Å². The second-order valence-corrected chi connectivity index (χ2v) is 7.03. The van der Waals surface area contributed by atoms with E-state index in [0.717, 1.165) is 76.0 Å². The lowest BCUT2D eigenvalue weighted by Crippen LogP contribution is -2.53. The van der Waals surface area contributed by atoms with Gasteiger partial charge < -0.3 is 19.7 Å². The minimum atomic E-state index is 0.141. The maximum Gasteiger partial charge on any atom is 0.193 e. The smallest absolute Gasteiger partial charge is 0.193 e. The molecule has 8 nitrogen and oxygen atoms in total. The van der Waals surface area contributed by atoms with Crippen molar-refractivity contribution in [1.82, 2.24) is 24.8 Å². The maximum absolute atomic E-state index is 5.93. The highest BCUT2D eigenvalue weighted by atomic mass is 16.5. The summed E-state index contributed by atoms with van der Waals surface area (Å²) in [5, 5.41) is 12.0. The van der Waals surface area contributed by atoms with Crippen molar-refractivity contribution in [1.29, 1.82) is 0 Å². The van der Waals surface area contributed by atoms with Gasteiger partial charge in [0.25, 0.3) is 0 Å². The van der Waals surface area contributed by atoms with Crippen LogP contribution in [0.15, 0.2) is 29.4 Å². The largest absolute Gasteiger partial charge is 0.375 e. The first-order chi connectivity index (χ1) is 13.3. The number of hydrogen-bond acceptors (Lipinski definition) is 5. The van der Waals surface area contributed by atoms with Crippen LogP contribution in [0.5, 0.6) is 0 Å². The minimum absolute atomic E-state index is 0.141. The Balaban J connectivity index is 1.26. The van der Waals surface area contributed by atoms with Crippen LogP contribution in [0, 0.1) is 0 Å². The third-order valence-electron chi connectivity index (χ3n) is 5.23. The van der Waals surface area contributed by atoms with Crippen molar-refractivity contribution in [2.75, 3.05) is 39.9 Å². The molecule has 4 heterocycles. The fourth-order valence-electron chi connectivity index (χ4n) is 3.83. The van der Waals surface area contributed by atoms with Crippen molar-refractivity contribution in [2.45, 2.75) is 37.9 Å². The van der Waals surface area contributed by atoms with E-state index in [9.17, 15) is 0 Å². The van der Waals surface area contributed by atoms with E-state index in [-0.39, 0.29) is 12.2 Å². The third-order valence-corrected chi connectivity index (χ3v) is 5.23. The van der Waals surface area contributed by atoms with E-state index >= 15 is 0 Å². The molecule has 0 spiro atoms. The Morgan fingerprint density at radius 2 is 2.19 bits per heavy atom. The molecule has 0 saturated carbocycles. The van der Waals surface area contributed by atoms with Gasteiger partial charge in [0.2, 0.25) is 0 Å². The highest BCUT2D eigenvalue weighted by Crippen LogP contribution is 2.21. The molecule has 0 amide bonds. The number of aliphatic imine (C=N–C) groups is 1. The van der Waals surface area contributed by atoms with Crippen LogP contribution in [0.1, 0.15) is 25.1 Å². The Morgan fingerprint density at radius 3 is 3.04 bits per heavy atom. The van der Waals surface area contributed by atoms with Gasteiger partial charge in [-0.25, -0.2) is 0 Å². The zero-order chi connectivity index (χ0) is 18.5. The van der Waals surface area contributed by atoms with Crippen molar-refractivity contribution < 1.29 is 9.47 Å². The number of morpholine rings is 1. The van der Waals surface area contributed by atoms with Gasteiger partial charge in [-0.05, 0) is 31.4 Å². The summed E-state index contributed by atoms with van der Waals surface area (Å²) in [6, 6.07) is 5.95. The van der Waals surface area contributed by atoms with Crippen LogP contribution in [0.2, 0.25) is 0 Å². The number of fused-ring (bicyclic) bond motifs is 1. The Bertz CT molecular complexity index is 770. The van der Waals surface area contributed by atoms with E-state index < -0.39 is 0 Å². The molecule has 146 valence electrons. The summed E-state index contributed by atoms with van der Waals surface area (Å²) in [6.07, 6.45) is 6.45. The summed E-state index contributed by atoms with van der Waals surface area (Å²) in [5.41, 5.74) is 0.893. The zero-order valence-corrected chi connectivity index (χ0v) is 15.9. The number of hydrogen-bond donors (Lipinski definition) is 1. The first-order valence-electron chi connectivity index (χ1n) is 9.82. The molecule has 2 unspecified atom stereocenters. The Hall–Kier alpha value is -2.19. The van der Waals surface area contributed by atoms with Crippen LogP contribution in [-0.2, 0) is 15.9 Å². The fourth-order valence-corrected chi connectivity index (χ4v) is 3.83. The molecule has 2 fully saturated rings. The molecule has 2 aromatic heterocycles. The molecule has 2 atom stereocenters. The number of pyridine rings is 1. The van der Waals surface area contributed by atoms with E-state index in [1.807, 2.05) is 35.8 Å². The van der Waals surface area contributed by atoms with Crippen molar-refractivity contribution in [3.8, 4) is 0 Å². The van der Waals surface area contributed by atoms with Gasteiger partial charge >= 0.3 is 0 Å². The first kappa shape index (κ1) is 18.2. The molecule has 27 heavy (non-hydrogen) atoms. The maximum atomic E-state index is 5.93. The molecule has 0 aromatic carbocycles. The number of aryl methyl sites for hydroxylation is 1. The SMILES string of the molecule is CN=C(NCCCc1nnc2ccccn12)N1CCOC(C2CCCO2)C1. The number of aromatic nitrogens is 3. The summed E-state index contributed by atoms with van der Waals surface area (Å²) in [4.78, 5) is 6.74. The molecule has 2 aliphatic heterocycles. The normalized spacial score (nSPS) is 23.9. The van der Waals surface area contributed by atoms with Gasteiger partial charge in [0.1, 0.15) is 11.9 Å².